The summed E-state index contributed by atoms with van der Waals surface area (Å²) >= 11 is 0. The van der Waals surface area contributed by atoms with E-state index in [-0.39, 0.29) is 5.56 Å². The minimum atomic E-state index is -0.962. The maximum absolute atomic E-state index is 11.0. The first kappa shape index (κ1) is 12.4. The van der Waals surface area contributed by atoms with E-state index in [1.165, 1.54) is 5.56 Å². The predicted octanol–water partition coefficient (Wildman–Crippen LogP) is 3.76. The van der Waals surface area contributed by atoms with Crippen molar-refractivity contribution in [2.75, 3.05) is 0 Å². The molecule has 100 valence electrons. The Morgan fingerprint density at radius 3 is 2.85 bits per heavy atom. The van der Waals surface area contributed by atoms with Crippen LogP contribution < -0.4 is 0 Å². The summed E-state index contributed by atoms with van der Waals surface area (Å²) in [5.74, 6) is -0.521. The Hall–Kier alpha value is -2.62. The lowest BCUT2D eigenvalue weighted by Gasteiger charge is -1.97. The van der Waals surface area contributed by atoms with Gasteiger partial charge in [0.05, 0.1) is 5.56 Å². The molecular weight excluding hydrogens is 254 g/mol. The molecule has 0 aliphatic heterocycles. The van der Waals surface area contributed by atoms with Gasteiger partial charge in [0.2, 0.25) is 5.89 Å². The second-order valence-electron chi connectivity index (χ2n) is 4.56. The monoisotopic (exact) mass is 267 g/mol. The molecule has 0 spiro atoms. The predicted molar refractivity (Wildman–Crippen MR) is 75.8 cm³/mol. The second-order valence-corrected chi connectivity index (χ2v) is 4.56. The molecule has 1 heterocycles. The number of carboxylic acid groups (broad SMARTS) is 1. The van der Waals surface area contributed by atoms with Gasteiger partial charge in [-0.1, -0.05) is 19.1 Å². The summed E-state index contributed by atoms with van der Waals surface area (Å²) in [6.07, 6.45) is 0.937. The Bertz CT molecular complexity index is 789. The molecule has 0 aliphatic carbocycles. The van der Waals surface area contributed by atoms with Crippen LogP contribution in [-0.2, 0) is 6.42 Å². The number of fused-ring (bicyclic) bond motifs is 1. The number of aromatic carboxylic acids is 1. The Morgan fingerprint density at radius 1 is 1.25 bits per heavy atom. The van der Waals surface area contributed by atoms with Crippen LogP contribution in [0.15, 0.2) is 46.9 Å². The first-order valence-corrected chi connectivity index (χ1v) is 6.40. The Morgan fingerprint density at radius 2 is 2.10 bits per heavy atom. The maximum Gasteiger partial charge on any atom is 0.335 e. The quantitative estimate of drug-likeness (QED) is 0.784. The van der Waals surface area contributed by atoms with Crippen LogP contribution in [0.4, 0.5) is 0 Å². The van der Waals surface area contributed by atoms with Gasteiger partial charge in [0.15, 0.2) is 5.58 Å². The van der Waals surface area contributed by atoms with Gasteiger partial charge in [-0.2, -0.15) is 0 Å². The highest BCUT2D eigenvalue weighted by atomic mass is 16.4. The van der Waals surface area contributed by atoms with E-state index >= 15 is 0 Å². The topological polar surface area (TPSA) is 63.3 Å². The molecule has 1 aromatic heterocycles. The maximum atomic E-state index is 11.0. The summed E-state index contributed by atoms with van der Waals surface area (Å²) in [5.41, 5.74) is 3.58. The zero-order valence-corrected chi connectivity index (χ0v) is 11.0. The molecule has 0 aliphatic rings. The van der Waals surface area contributed by atoms with E-state index in [0.29, 0.717) is 17.0 Å². The van der Waals surface area contributed by atoms with Crippen LogP contribution >= 0.6 is 0 Å². The molecule has 0 saturated carbocycles. The summed E-state index contributed by atoms with van der Waals surface area (Å²) in [4.78, 5) is 15.4. The highest BCUT2D eigenvalue weighted by Gasteiger charge is 2.11. The summed E-state index contributed by atoms with van der Waals surface area (Å²) in [6.45, 7) is 2.08. The standard InChI is InChI=1S/C16H13NO3/c1-2-10-6-7-14-13(8-10)17-15(20-14)11-4-3-5-12(9-11)16(18)19/h3-9H,2H2,1H3,(H,18,19). The average Bonchev–Trinajstić information content (AvgIpc) is 2.90. The molecule has 1 N–H and O–H groups in total. The Balaban J connectivity index is 2.10. The molecule has 4 heteroatoms. The van der Waals surface area contributed by atoms with Crippen LogP contribution in [0.1, 0.15) is 22.8 Å². The molecule has 0 amide bonds. The van der Waals surface area contributed by atoms with Gasteiger partial charge >= 0.3 is 5.97 Å². The summed E-state index contributed by atoms with van der Waals surface area (Å²) in [6, 6.07) is 12.5. The van der Waals surface area contributed by atoms with Gasteiger partial charge in [-0.05, 0) is 42.3 Å². The molecule has 3 rings (SSSR count). The molecule has 3 aromatic rings. The first-order chi connectivity index (χ1) is 9.67. The van der Waals surface area contributed by atoms with Crippen LogP contribution in [0.2, 0.25) is 0 Å². The number of carbonyl (C=O) groups is 1. The fourth-order valence-corrected chi connectivity index (χ4v) is 2.10. The molecule has 0 fully saturated rings. The van der Waals surface area contributed by atoms with Crippen molar-refractivity contribution in [1.82, 2.24) is 4.98 Å². The third kappa shape index (κ3) is 2.16. The van der Waals surface area contributed by atoms with Gasteiger partial charge in [0, 0.05) is 5.56 Å². The van der Waals surface area contributed by atoms with Crippen molar-refractivity contribution in [3.8, 4) is 11.5 Å². The molecule has 2 aromatic carbocycles. The van der Waals surface area contributed by atoms with Crippen LogP contribution in [-0.4, -0.2) is 16.1 Å². The van der Waals surface area contributed by atoms with Crippen molar-refractivity contribution < 1.29 is 14.3 Å². The van der Waals surface area contributed by atoms with Crippen LogP contribution in [0, 0.1) is 0 Å². The van der Waals surface area contributed by atoms with Crippen LogP contribution in [0.3, 0.4) is 0 Å². The number of hydrogen-bond acceptors (Lipinski definition) is 3. The SMILES string of the molecule is CCc1ccc2oc(-c3cccc(C(=O)O)c3)nc2c1. The van der Waals surface area contributed by atoms with Crippen molar-refractivity contribution in [3.63, 3.8) is 0 Å². The van der Waals surface area contributed by atoms with Crippen LogP contribution in [0.25, 0.3) is 22.6 Å². The van der Waals surface area contributed by atoms with Gasteiger partial charge in [0.1, 0.15) is 5.52 Å². The number of rotatable bonds is 3. The smallest absolute Gasteiger partial charge is 0.335 e. The lowest BCUT2D eigenvalue weighted by atomic mass is 10.1. The van der Waals surface area contributed by atoms with E-state index in [0.717, 1.165) is 11.9 Å². The number of carboxylic acids is 1. The Labute approximate surface area is 115 Å². The molecule has 0 radical (unpaired) electrons. The van der Waals surface area contributed by atoms with E-state index in [9.17, 15) is 4.79 Å². The van der Waals surface area contributed by atoms with E-state index in [2.05, 4.69) is 11.9 Å². The molecule has 4 nitrogen and oxygen atoms in total. The van der Waals surface area contributed by atoms with Crippen molar-refractivity contribution in [3.05, 3.63) is 53.6 Å². The number of hydrogen-bond donors (Lipinski definition) is 1. The molecule has 20 heavy (non-hydrogen) atoms. The van der Waals surface area contributed by atoms with Crippen molar-refractivity contribution in [2.24, 2.45) is 0 Å². The van der Waals surface area contributed by atoms with E-state index in [1.54, 1.807) is 24.3 Å². The largest absolute Gasteiger partial charge is 0.478 e. The van der Waals surface area contributed by atoms with Crippen molar-refractivity contribution >= 4 is 17.1 Å². The van der Waals surface area contributed by atoms with Gasteiger partial charge < -0.3 is 9.52 Å². The summed E-state index contributed by atoms with van der Waals surface area (Å²) in [7, 11) is 0. The number of nitrogens with zero attached hydrogens (tertiary/aromatic N) is 1. The highest BCUT2D eigenvalue weighted by Crippen LogP contribution is 2.25. The minimum absolute atomic E-state index is 0.221. The zero-order chi connectivity index (χ0) is 14.1. The molecule has 0 unspecified atom stereocenters. The molecule has 0 atom stereocenters. The summed E-state index contributed by atoms with van der Waals surface area (Å²) in [5, 5.41) is 9.01. The number of aromatic nitrogens is 1. The van der Waals surface area contributed by atoms with Crippen molar-refractivity contribution in [2.45, 2.75) is 13.3 Å². The van der Waals surface area contributed by atoms with Crippen LogP contribution in [0.5, 0.6) is 0 Å². The Kier molecular flexibility index (Phi) is 2.99. The van der Waals surface area contributed by atoms with Gasteiger partial charge in [-0.3, -0.25) is 0 Å². The third-order valence-electron chi connectivity index (χ3n) is 3.22. The second kappa shape index (κ2) is 4.81. The van der Waals surface area contributed by atoms with Gasteiger partial charge in [0.25, 0.3) is 0 Å². The average molecular weight is 267 g/mol. The normalized spacial score (nSPS) is 10.8. The van der Waals surface area contributed by atoms with E-state index < -0.39 is 5.97 Å². The van der Waals surface area contributed by atoms with Crippen molar-refractivity contribution in [1.29, 1.82) is 0 Å². The minimum Gasteiger partial charge on any atom is -0.478 e. The third-order valence-corrected chi connectivity index (χ3v) is 3.22. The van der Waals surface area contributed by atoms with E-state index in [4.69, 9.17) is 9.52 Å². The first-order valence-electron chi connectivity index (χ1n) is 6.40. The zero-order valence-electron chi connectivity index (χ0n) is 11.0. The molecule has 0 saturated heterocycles. The fourth-order valence-electron chi connectivity index (χ4n) is 2.10. The lowest BCUT2D eigenvalue weighted by Crippen LogP contribution is -1.95. The van der Waals surface area contributed by atoms with Gasteiger partial charge in [-0.25, -0.2) is 9.78 Å². The van der Waals surface area contributed by atoms with E-state index in [1.807, 2.05) is 18.2 Å². The number of benzene rings is 2. The lowest BCUT2D eigenvalue weighted by molar-refractivity contribution is 0.0697. The highest BCUT2D eigenvalue weighted by molar-refractivity contribution is 5.89. The van der Waals surface area contributed by atoms with Gasteiger partial charge in [-0.15, -0.1) is 0 Å². The number of oxazole rings is 1. The molecular formula is C16H13NO3. The number of aryl methyl sites for hydroxylation is 1. The summed E-state index contributed by atoms with van der Waals surface area (Å²) < 4.78 is 5.68. The fraction of sp³-hybridized carbons (Fsp3) is 0.125. The molecule has 0 bridgehead atoms.